The smallest absolute Gasteiger partial charge is 0.158 e. The van der Waals surface area contributed by atoms with Crippen molar-refractivity contribution in [2.24, 2.45) is 0 Å². The van der Waals surface area contributed by atoms with Crippen LogP contribution in [0.2, 0.25) is 5.02 Å². The highest BCUT2D eigenvalue weighted by Crippen LogP contribution is 2.26. The Morgan fingerprint density at radius 2 is 2.00 bits per heavy atom. The summed E-state index contributed by atoms with van der Waals surface area (Å²) in [7, 11) is 2.10. The van der Waals surface area contributed by atoms with E-state index in [2.05, 4.69) is 17.7 Å². The van der Waals surface area contributed by atoms with Gasteiger partial charge in [0.1, 0.15) is 12.3 Å². The molecular weight excluding hydrogens is 272 g/mol. The van der Waals surface area contributed by atoms with E-state index < -0.39 is 0 Å². The van der Waals surface area contributed by atoms with E-state index in [0.717, 1.165) is 40.8 Å². The normalized spacial score (nSPS) is 10.9. The molecule has 0 spiro atoms. The fourth-order valence-corrected chi connectivity index (χ4v) is 2.28. The number of furan rings is 1. The summed E-state index contributed by atoms with van der Waals surface area (Å²) in [5.41, 5.74) is 2.12. The lowest BCUT2D eigenvalue weighted by Crippen LogP contribution is -2.85. The summed E-state index contributed by atoms with van der Waals surface area (Å²) in [5, 5.41) is 5.27. The zero-order chi connectivity index (χ0) is 14.4. The molecule has 0 unspecified atom stereocenters. The number of quaternary nitrogens is 2. The maximum Gasteiger partial charge on any atom is 0.158 e. The van der Waals surface area contributed by atoms with Gasteiger partial charge in [-0.25, -0.2) is 0 Å². The van der Waals surface area contributed by atoms with E-state index in [1.807, 2.05) is 37.3 Å². The van der Waals surface area contributed by atoms with Crippen molar-refractivity contribution in [1.82, 2.24) is 0 Å². The lowest BCUT2D eigenvalue weighted by atomic mass is 10.1. The topological polar surface area (TPSA) is 46.4 Å². The van der Waals surface area contributed by atoms with Crippen LogP contribution in [0.25, 0.3) is 11.3 Å². The molecule has 2 aromatic rings. The van der Waals surface area contributed by atoms with Crippen molar-refractivity contribution >= 4 is 11.6 Å². The van der Waals surface area contributed by atoms with Crippen molar-refractivity contribution in [3.05, 3.63) is 46.7 Å². The summed E-state index contributed by atoms with van der Waals surface area (Å²) >= 11 is 6.15. The highest BCUT2D eigenvalue weighted by molar-refractivity contribution is 6.31. The van der Waals surface area contributed by atoms with Gasteiger partial charge in [-0.3, -0.25) is 0 Å². The standard InChI is InChI=1S/C16H21ClN2O/c1-12-4-5-13(10-15(12)17)16-7-6-14(20-16)11-19-9-3-8-18-2/h4-7,10,18-19H,3,8-9,11H2,1-2H3/p+2. The van der Waals surface area contributed by atoms with Crippen LogP contribution in [-0.4, -0.2) is 20.1 Å². The maximum absolute atomic E-state index is 6.15. The highest BCUT2D eigenvalue weighted by atomic mass is 35.5. The predicted molar refractivity (Wildman–Crippen MR) is 81.7 cm³/mol. The van der Waals surface area contributed by atoms with Gasteiger partial charge in [0.05, 0.1) is 20.1 Å². The molecular formula is C16H23ClN2O+2. The molecule has 0 saturated heterocycles. The second kappa shape index (κ2) is 7.48. The Labute approximate surface area is 125 Å². The molecule has 20 heavy (non-hydrogen) atoms. The average molecular weight is 295 g/mol. The molecule has 1 aromatic carbocycles. The van der Waals surface area contributed by atoms with E-state index in [4.69, 9.17) is 16.0 Å². The largest absolute Gasteiger partial charge is 0.455 e. The van der Waals surface area contributed by atoms with Crippen molar-refractivity contribution in [1.29, 1.82) is 0 Å². The van der Waals surface area contributed by atoms with Gasteiger partial charge in [-0.15, -0.1) is 0 Å². The first-order valence-corrected chi connectivity index (χ1v) is 7.53. The lowest BCUT2D eigenvalue weighted by Gasteiger charge is -2.01. The van der Waals surface area contributed by atoms with E-state index in [9.17, 15) is 0 Å². The molecule has 0 aliphatic rings. The molecule has 0 bridgehead atoms. The molecule has 4 heteroatoms. The Morgan fingerprint density at radius 3 is 2.75 bits per heavy atom. The Balaban J connectivity index is 1.93. The van der Waals surface area contributed by atoms with Crippen molar-refractivity contribution < 1.29 is 15.1 Å². The van der Waals surface area contributed by atoms with Crippen LogP contribution in [0.15, 0.2) is 34.7 Å². The summed E-state index contributed by atoms with van der Waals surface area (Å²) in [6.07, 6.45) is 1.22. The van der Waals surface area contributed by atoms with Crippen LogP contribution in [0.1, 0.15) is 17.7 Å². The summed E-state index contributed by atoms with van der Waals surface area (Å²) < 4.78 is 5.87. The van der Waals surface area contributed by atoms with Gasteiger partial charge >= 0.3 is 0 Å². The van der Waals surface area contributed by atoms with Crippen LogP contribution >= 0.6 is 11.6 Å². The zero-order valence-corrected chi connectivity index (χ0v) is 12.9. The van der Waals surface area contributed by atoms with Crippen molar-refractivity contribution in [3.63, 3.8) is 0 Å². The van der Waals surface area contributed by atoms with E-state index in [1.165, 1.54) is 13.0 Å². The minimum Gasteiger partial charge on any atom is -0.455 e. The van der Waals surface area contributed by atoms with E-state index in [-0.39, 0.29) is 0 Å². The van der Waals surface area contributed by atoms with Crippen LogP contribution in [0.5, 0.6) is 0 Å². The molecule has 0 amide bonds. The number of halogens is 1. The van der Waals surface area contributed by atoms with Gasteiger partial charge in [0.25, 0.3) is 0 Å². The fourth-order valence-electron chi connectivity index (χ4n) is 2.10. The Bertz CT molecular complexity index is 551. The van der Waals surface area contributed by atoms with Crippen LogP contribution < -0.4 is 10.6 Å². The minimum absolute atomic E-state index is 0.780. The molecule has 0 aliphatic heterocycles. The number of rotatable bonds is 7. The second-order valence-corrected chi connectivity index (χ2v) is 5.47. The molecule has 1 heterocycles. The zero-order valence-electron chi connectivity index (χ0n) is 12.2. The lowest BCUT2D eigenvalue weighted by molar-refractivity contribution is -0.683. The fraction of sp³-hybridized carbons (Fsp3) is 0.375. The van der Waals surface area contributed by atoms with Gasteiger partial charge < -0.3 is 15.1 Å². The van der Waals surface area contributed by atoms with Crippen molar-refractivity contribution in [2.75, 3.05) is 20.1 Å². The maximum atomic E-state index is 6.15. The summed E-state index contributed by atoms with van der Waals surface area (Å²) in [6, 6.07) is 10.1. The van der Waals surface area contributed by atoms with Gasteiger partial charge in [0.15, 0.2) is 5.76 Å². The van der Waals surface area contributed by atoms with Crippen molar-refractivity contribution in [3.8, 4) is 11.3 Å². The Hall–Kier alpha value is -1.29. The molecule has 3 nitrogen and oxygen atoms in total. The third-order valence-electron chi connectivity index (χ3n) is 3.36. The monoisotopic (exact) mass is 294 g/mol. The van der Waals surface area contributed by atoms with Crippen LogP contribution in [0.3, 0.4) is 0 Å². The molecule has 0 saturated carbocycles. The summed E-state index contributed by atoms with van der Waals surface area (Å²) in [5.74, 6) is 1.90. The molecule has 0 atom stereocenters. The first-order chi connectivity index (χ1) is 9.70. The number of benzene rings is 1. The molecule has 2 rings (SSSR count). The number of nitrogens with two attached hydrogens (primary N) is 2. The average Bonchev–Trinajstić information content (AvgIpc) is 2.90. The second-order valence-electron chi connectivity index (χ2n) is 5.06. The first-order valence-electron chi connectivity index (χ1n) is 7.15. The third-order valence-corrected chi connectivity index (χ3v) is 3.77. The van der Waals surface area contributed by atoms with Crippen LogP contribution in [0, 0.1) is 6.92 Å². The molecule has 108 valence electrons. The first kappa shape index (κ1) is 15.1. The van der Waals surface area contributed by atoms with E-state index >= 15 is 0 Å². The Morgan fingerprint density at radius 1 is 1.15 bits per heavy atom. The van der Waals surface area contributed by atoms with E-state index in [1.54, 1.807) is 0 Å². The summed E-state index contributed by atoms with van der Waals surface area (Å²) in [4.78, 5) is 0. The van der Waals surface area contributed by atoms with E-state index in [0.29, 0.717) is 0 Å². The predicted octanol–water partition coefficient (Wildman–Crippen LogP) is 1.56. The van der Waals surface area contributed by atoms with Crippen LogP contribution in [0.4, 0.5) is 0 Å². The molecule has 4 N–H and O–H groups in total. The highest BCUT2D eigenvalue weighted by Gasteiger charge is 2.07. The van der Waals surface area contributed by atoms with Gasteiger partial charge in [0.2, 0.25) is 0 Å². The van der Waals surface area contributed by atoms with Crippen molar-refractivity contribution in [2.45, 2.75) is 19.9 Å². The van der Waals surface area contributed by atoms with Crippen LogP contribution in [-0.2, 0) is 6.54 Å². The molecule has 1 aromatic heterocycles. The SMILES string of the molecule is C[NH2+]CCC[NH2+]Cc1ccc(-c2ccc(C)c(Cl)c2)o1. The Kier molecular flexibility index (Phi) is 5.65. The van der Waals surface area contributed by atoms with Gasteiger partial charge in [-0.05, 0) is 30.7 Å². The molecule has 0 radical (unpaired) electrons. The number of aryl methyl sites for hydroxylation is 1. The quantitative estimate of drug-likeness (QED) is 0.748. The number of hydrogen-bond donors (Lipinski definition) is 2. The minimum atomic E-state index is 0.780. The molecule has 0 fully saturated rings. The molecule has 0 aliphatic carbocycles. The van der Waals surface area contributed by atoms with Gasteiger partial charge in [-0.2, -0.15) is 0 Å². The van der Waals surface area contributed by atoms with Gasteiger partial charge in [0, 0.05) is 17.0 Å². The number of hydrogen-bond acceptors (Lipinski definition) is 1. The summed E-state index contributed by atoms with van der Waals surface area (Å²) in [6.45, 7) is 5.21. The third kappa shape index (κ3) is 4.10. The van der Waals surface area contributed by atoms with Gasteiger partial charge in [-0.1, -0.05) is 23.7 Å².